The molecule has 0 fully saturated rings. The molecule has 1 aromatic rings. The zero-order valence-corrected chi connectivity index (χ0v) is 6.71. The van der Waals surface area contributed by atoms with E-state index < -0.39 is 0 Å². The van der Waals surface area contributed by atoms with Crippen molar-refractivity contribution >= 4 is 11.3 Å². The van der Waals surface area contributed by atoms with Gasteiger partial charge < -0.3 is 4.74 Å². The van der Waals surface area contributed by atoms with Gasteiger partial charge in [-0.15, -0.1) is 11.3 Å². The Morgan fingerprint density at radius 3 is 2.33 bits per heavy atom. The maximum absolute atomic E-state index is 5.08. The first kappa shape index (κ1) is 6.62. The van der Waals surface area contributed by atoms with Crippen LogP contribution in [-0.2, 0) is 0 Å². The van der Waals surface area contributed by atoms with Gasteiger partial charge in [-0.3, -0.25) is 0 Å². The van der Waals surface area contributed by atoms with Crippen molar-refractivity contribution in [1.82, 2.24) is 0 Å². The van der Waals surface area contributed by atoms with E-state index in [2.05, 4.69) is 19.9 Å². The molecule has 0 atom stereocenters. The van der Waals surface area contributed by atoms with Crippen LogP contribution in [0.2, 0.25) is 0 Å². The zero-order chi connectivity index (χ0) is 6.85. The lowest BCUT2D eigenvalue weighted by molar-refractivity contribution is 0.424. The van der Waals surface area contributed by atoms with Gasteiger partial charge in [-0.1, -0.05) is 0 Å². The normalized spacial score (nSPS) is 9.67. The van der Waals surface area contributed by atoms with Crippen LogP contribution >= 0.6 is 11.3 Å². The predicted molar refractivity (Wildman–Crippen MR) is 40.3 cm³/mol. The van der Waals surface area contributed by atoms with Gasteiger partial charge in [0.2, 0.25) is 0 Å². The van der Waals surface area contributed by atoms with Crippen LogP contribution in [0.1, 0.15) is 10.4 Å². The van der Waals surface area contributed by atoms with Gasteiger partial charge in [0.1, 0.15) is 0 Å². The summed E-state index contributed by atoms with van der Waals surface area (Å²) in [6.07, 6.45) is 0. The van der Waals surface area contributed by atoms with Gasteiger partial charge in [0.15, 0.2) is 5.06 Å². The SMILES string of the molecule is COc1sc(C)cc1C. The maximum Gasteiger partial charge on any atom is 0.176 e. The van der Waals surface area contributed by atoms with Gasteiger partial charge in [0.05, 0.1) is 7.11 Å². The van der Waals surface area contributed by atoms with Crippen molar-refractivity contribution < 1.29 is 4.74 Å². The van der Waals surface area contributed by atoms with Crippen molar-refractivity contribution in [2.75, 3.05) is 7.11 Å². The second kappa shape index (κ2) is 2.40. The summed E-state index contributed by atoms with van der Waals surface area (Å²) in [5, 5.41) is 1.03. The molecule has 1 aromatic heterocycles. The van der Waals surface area contributed by atoms with Gasteiger partial charge in [-0.2, -0.15) is 0 Å². The van der Waals surface area contributed by atoms with E-state index in [9.17, 15) is 0 Å². The molecule has 0 N–H and O–H groups in total. The van der Waals surface area contributed by atoms with E-state index in [-0.39, 0.29) is 0 Å². The van der Waals surface area contributed by atoms with E-state index in [1.54, 1.807) is 18.4 Å². The molecule has 0 bridgehead atoms. The molecule has 1 heterocycles. The lowest BCUT2D eigenvalue weighted by atomic mass is 10.3. The molecule has 0 unspecified atom stereocenters. The molecular formula is C7H10OS. The number of hydrogen-bond acceptors (Lipinski definition) is 2. The minimum absolute atomic E-state index is 1.03. The molecule has 50 valence electrons. The summed E-state index contributed by atoms with van der Waals surface area (Å²) < 4.78 is 5.08. The molecule has 0 spiro atoms. The minimum Gasteiger partial charge on any atom is -0.487 e. The highest BCUT2D eigenvalue weighted by Gasteiger charge is 1.99. The monoisotopic (exact) mass is 142 g/mol. The molecule has 0 radical (unpaired) electrons. The van der Waals surface area contributed by atoms with Gasteiger partial charge in [0, 0.05) is 10.4 Å². The van der Waals surface area contributed by atoms with Crippen molar-refractivity contribution in [2.24, 2.45) is 0 Å². The second-order valence-electron chi connectivity index (χ2n) is 2.03. The Kier molecular flexibility index (Phi) is 1.76. The quantitative estimate of drug-likeness (QED) is 0.585. The third-order valence-electron chi connectivity index (χ3n) is 1.18. The Morgan fingerprint density at radius 1 is 1.44 bits per heavy atom. The van der Waals surface area contributed by atoms with Crippen LogP contribution in [0.25, 0.3) is 0 Å². The minimum atomic E-state index is 1.03. The van der Waals surface area contributed by atoms with Gasteiger partial charge in [0.25, 0.3) is 0 Å². The number of aryl methyl sites for hydroxylation is 2. The number of ether oxygens (including phenoxy) is 1. The predicted octanol–water partition coefficient (Wildman–Crippen LogP) is 2.37. The average Bonchev–Trinajstić information content (AvgIpc) is 2.10. The fraction of sp³-hybridized carbons (Fsp3) is 0.429. The Hall–Kier alpha value is -0.500. The van der Waals surface area contributed by atoms with Crippen LogP contribution in [-0.4, -0.2) is 7.11 Å². The summed E-state index contributed by atoms with van der Waals surface area (Å²) in [6, 6.07) is 2.13. The summed E-state index contributed by atoms with van der Waals surface area (Å²) in [4.78, 5) is 1.31. The zero-order valence-electron chi connectivity index (χ0n) is 5.89. The van der Waals surface area contributed by atoms with E-state index in [1.807, 2.05) is 0 Å². The lowest BCUT2D eigenvalue weighted by Gasteiger charge is -1.92. The van der Waals surface area contributed by atoms with Crippen LogP contribution in [0.4, 0.5) is 0 Å². The molecular weight excluding hydrogens is 132 g/mol. The number of thiophene rings is 1. The molecule has 2 heteroatoms. The smallest absolute Gasteiger partial charge is 0.176 e. The third-order valence-corrected chi connectivity index (χ3v) is 2.29. The Balaban J connectivity index is 3.01. The topological polar surface area (TPSA) is 9.23 Å². The standard InChI is InChI=1S/C7H10OS/c1-5-4-6(2)9-7(5)8-3/h4H,1-3H3. The van der Waals surface area contributed by atoms with Gasteiger partial charge >= 0.3 is 0 Å². The van der Waals surface area contributed by atoms with E-state index in [1.165, 1.54) is 10.4 Å². The Labute approximate surface area is 59.3 Å². The van der Waals surface area contributed by atoms with Crippen LogP contribution in [0.3, 0.4) is 0 Å². The number of hydrogen-bond donors (Lipinski definition) is 0. The summed E-state index contributed by atoms with van der Waals surface area (Å²) in [5.41, 5.74) is 1.24. The maximum atomic E-state index is 5.08. The largest absolute Gasteiger partial charge is 0.487 e. The molecule has 0 aliphatic rings. The molecule has 0 saturated carbocycles. The summed E-state index contributed by atoms with van der Waals surface area (Å²) in [7, 11) is 1.71. The van der Waals surface area contributed by atoms with Crippen LogP contribution in [0.15, 0.2) is 6.07 Å². The summed E-state index contributed by atoms with van der Waals surface area (Å²) in [6.45, 7) is 4.14. The highest BCUT2D eigenvalue weighted by molar-refractivity contribution is 7.13. The van der Waals surface area contributed by atoms with E-state index in [4.69, 9.17) is 4.74 Å². The molecule has 0 aliphatic heterocycles. The molecule has 0 aromatic carbocycles. The van der Waals surface area contributed by atoms with E-state index >= 15 is 0 Å². The van der Waals surface area contributed by atoms with E-state index in [0.29, 0.717) is 0 Å². The number of rotatable bonds is 1. The van der Waals surface area contributed by atoms with E-state index in [0.717, 1.165) is 5.06 Å². The van der Waals surface area contributed by atoms with Crippen LogP contribution < -0.4 is 4.74 Å². The summed E-state index contributed by atoms with van der Waals surface area (Å²) >= 11 is 1.69. The Bertz CT molecular complexity index is 203. The first-order valence-corrected chi connectivity index (χ1v) is 3.66. The van der Waals surface area contributed by atoms with Crippen molar-refractivity contribution in [1.29, 1.82) is 0 Å². The average molecular weight is 142 g/mol. The first-order chi connectivity index (χ1) is 4.24. The van der Waals surface area contributed by atoms with Crippen LogP contribution in [0, 0.1) is 13.8 Å². The molecule has 0 saturated heterocycles. The molecule has 0 amide bonds. The van der Waals surface area contributed by atoms with Crippen LogP contribution in [0.5, 0.6) is 5.06 Å². The highest BCUT2D eigenvalue weighted by Crippen LogP contribution is 2.28. The third kappa shape index (κ3) is 1.24. The van der Waals surface area contributed by atoms with Crippen molar-refractivity contribution in [2.45, 2.75) is 13.8 Å². The van der Waals surface area contributed by atoms with Crippen molar-refractivity contribution in [3.8, 4) is 5.06 Å². The molecule has 9 heavy (non-hydrogen) atoms. The molecule has 1 rings (SSSR count). The van der Waals surface area contributed by atoms with Crippen molar-refractivity contribution in [3.05, 3.63) is 16.5 Å². The van der Waals surface area contributed by atoms with Crippen molar-refractivity contribution in [3.63, 3.8) is 0 Å². The van der Waals surface area contributed by atoms with Gasteiger partial charge in [-0.05, 0) is 19.9 Å². The second-order valence-corrected chi connectivity index (χ2v) is 3.25. The lowest BCUT2D eigenvalue weighted by Crippen LogP contribution is -1.77. The van der Waals surface area contributed by atoms with Gasteiger partial charge in [-0.25, -0.2) is 0 Å². The number of methoxy groups -OCH3 is 1. The molecule has 0 aliphatic carbocycles. The highest BCUT2D eigenvalue weighted by atomic mass is 32.1. The fourth-order valence-corrected chi connectivity index (χ4v) is 1.65. The molecule has 1 nitrogen and oxygen atoms in total. The first-order valence-electron chi connectivity index (χ1n) is 2.85. The fourth-order valence-electron chi connectivity index (χ4n) is 0.823. The Morgan fingerprint density at radius 2 is 2.11 bits per heavy atom. The summed E-state index contributed by atoms with van der Waals surface area (Å²) in [5.74, 6) is 0.